The zero-order chi connectivity index (χ0) is 18.6. The molecule has 1 aliphatic rings. The Labute approximate surface area is 159 Å². The molecule has 2 heterocycles. The van der Waals surface area contributed by atoms with Gasteiger partial charge < -0.3 is 15.2 Å². The first-order chi connectivity index (χ1) is 13.3. The van der Waals surface area contributed by atoms with Crippen molar-refractivity contribution in [3.8, 4) is 11.4 Å². The number of hydrogen-bond acceptors (Lipinski definition) is 3. The minimum atomic E-state index is -0.00394. The highest BCUT2D eigenvalue weighted by molar-refractivity contribution is 5.93. The van der Waals surface area contributed by atoms with Crippen LogP contribution in [-0.2, 0) is 6.42 Å². The number of aromatic nitrogens is 2. The van der Waals surface area contributed by atoms with Gasteiger partial charge in [0.1, 0.15) is 11.5 Å². The smallest absolute Gasteiger partial charge is 0.272 e. The number of amides is 1. The number of nitrogens with one attached hydrogen (secondary N) is 2. The molecule has 0 bridgehead atoms. The molecule has 138 valence electrons. The van der Waals surface area contributed by atoms with Gasteiger partial charge in [-0.05, 0) is 17.5 Å². The minimum absolute atomic E-state index is 0.00394. The van der Waals surface area contributed by atoms with Gasteiger partial charge in [-0.2, -0.15) is 0 Å². The summed E-state index contributed by atoms with van der Waals surface area (Å²) in [4.78, 5) is 22.7. The molecule has 1 saturated heterocycles. The van der Waals surface area contributed by atoms with Gasteiger partial charge in [0.2, 0.25) is 0 Å². The molecule has 5 heteroatoms. The summed E-state index contributed by atoms with van der Waals surface area (Å²) in [5.41, 5.74) is 3.98. The summed E-state index contributed by atoms with van der Waals surface area (Å²) in [5.74, 6) is 0.716. The van der Waals surface area contributed by atoms with Crippen LogP contribution < -0.4 is 5.32 Å². The lowest BCUT2D eigenvalue weighted by Crippen LogP contribution is -2.48. The summed E-state index contributed by atoms with van der Waals surface area (Å²) >= 11 is 0. The number of nitrogens with zero attached hydrogens (tertiary/aromatic N) is 2. The number of piperazine rings is 1. The monoisotopic (exact) mass is 360 g/mol. The summed E-state index contributed by atoms with van der Waals surface area (Å²) in [6, 6.07) is 18.5. The van der Waals surface area contributed by atoms with Gasteiger partial charge in [-0.1, -0.05) is 61.5 Å². The molecule has 1 aliphatic heterocycles. The Bertz CT molecular complexity index is 902. The third-order valence-electron chi connectivity index (χ3n) is 5.13. The van der Waals surface area contributed by atoms with Gasteiger partial charge in [0.05, 0.1) is 12.2 Å². The average Bonchev–Trinajstić information content (AvgIpc) is 3.24. The number of benzene rings is 2. The van der Waals surface area contributed by atoms with Crippen molar-refractivity contribution in [1.29, 1.82) is 0 Å². The van der Waals surface area contributed by atoms with Crippen molar-refractivity contribution < 1.29 is 4.79 Å². The molecule has 2 aromatic carbocycles. The fraction of sp³-hybridized carbons (Fsp3) is 0.273. The van der Waals surface area contributed by atoms with E-state index in [9.17, 15) is 4.79 Å². The van der Waals surface area contributed by atoms with Crippen molar-refractivity contribution in [2.45, 2.75) is 19.4 Å². The molecule has 27 heavy (non-hydrogen) atoms. The van der Waals surface area contributed by atoms with Crippen molar-refractivity contribution in [2.75, 3.05) is 19.6 Å². The Balaban J connectivity index is 1.58. The number of aryl methyl sites for hydroxylation is 1. The lowest BCUT2D eigenvalue weighted by Gasteiger charge is -2.36. The molecule has 0 aliphatic carbocycles. The first-order valence-electron chi connectivity index (χ1n) is 9.47. The fourth-order valence-corrected chi connectivity index (χ4v) is 3.55. The second kappa shape index (κ2) is 7.76. The van der Waals surface area contributed by atoms with Crippen molar-refractivity contribution >= 4 is 5.91 Å². The third kappa shape index (κ3) is 3.64. The quantitative estimate of drug-likeness (QED) is 0.749. The predicted octanol–water partition coefficient (Wildman–Crippen LogP) is 3.43. The first kappa shape index (κ1) is 17.5. The van der Waals surface area contributed by atoms with Crippen molar-refractivity contribution in [3.05, 3.63) is 77.6 Å². The highest BCUT2D eigenvalue weighted by Gasteiger charge is 2.29. The van der Waals surface area contributed by atoms with Crippen LogP contribution >= 0.6 is 0 Å². The van der Waals surface area contributed by atoms with Crippen LogP contribution in [0.15, 0.2) is 60.8 Å². The summed E-state index contributed by atoms with van der Waals surface area (Å²) in [5, 5.41) is 3.41. The van der Waals surface area contributed by atoms with E-state index < -0.39 is 0 Å². The van der Waals surface area contributed by atoms with Crippen molar-refractivity contribution in [2.24, 2.45) is 0 Å². The lowest BCUT2D eigenvalue weighted by molar-refractivity contribution is 0.0629. The van der Waals surface area contributed by atoms with Crippen LogP contribution in [0.5, 0.6) is 0 Å². The molecule has 4 rings (SSSR count). The van der Waals surface area contributed by atoms with Gasteiger partial charge in [0.25, 0.3) is 5.91 Å². The van der Waals surface area contributed by atoms with Crippen LogP contribution in [0, 0.1) is 0 Å². The highest BCUT2D eigenvalue weighted by atomic mass is 16.2. The molecular weight excluding hydrogens is 336 g/mol. The zero-order valence-corrected chi connectivity index (χ0v) is 15.5. The van der Waals surface area contributed by atoms with Gasteiger partial charge >= 0.3 is 0 Å². The second-order valence-electron chi connectivity index (χ2n) is 6.83. The second-order valence-corrected chi connectivity index (χ2v) is 6.83. The average molecular weight is 360 g/mol. The summed E-state index contributed by atoms with van der Waals surface area (Å²) < 4.78 is 0. The van der Waals surface area contributed by atoms with Crippen LogP contribution in [-0.4, -0.2) is 40.4 Å². The molecule has 1 amide bonds. The Morgan fingerprint density at radius 1 is 1.15 bits per heavy atom. The Morgan fingerprint density at radius 3 is 2.67 bits per heavy atom. The molecule has 0 radical (unpaired) electrons. The van der Waals surface area contributed by atoms with E-state index >= 15 is 0 Å². The number of hydrogen-bond donors (Lipinski definition) is 2. The molecular formula is C22H24N4O. The van der Waals surface area contributed by atoms with E-state index in [1.54, 1.807) is 6.20 Å². The van der Waals surface area contributed by atoms with Crippen LogP contribution in [0.1, 0.15) is 34.6 Å². The molecule has 1 atom stereocenters. The molecule has 1 aromatic heterocycles. The first-order valence-corrected chi connectivity index (χ1v) is 9.47. The van der Waals surface area contributed by atoms with E-state index in [4.69, 9.17) is 0 Å². The summed E-state index contributed by atoms with van der Waals surface area (Å²) in [6.45, 7) is 4.39. The number of aromatic amines is 1. The molecule has 1 fully saturated rings. The van der Waals surface area contributed by atoms with Crippen LogP contribution in [0.3, 0.4) is 0 Å². The Kier molecular flexibility index (Phi) is 5.03. The highest BCUT2D eigenvalue weighted by Crippen LogP contribution is 2.25. The van der Waals surface area contributed by atoms with Crippen LogP contribution in [0.2, 0.25) is 0 Å². The number of carbonyl (C=O) groups is 1. The molecule has 3 aromatic rings. The van der Waals surface area contributed by atoms with Crippen LogP contribution in [0.4, 0.5) is 0 Å². The SMILES string of the molecule is CCc1ccc(C2CNCCN2C(=O)c2cnc(-c3ccccc3)[nH]2)cc1. The largest absolute Gasteiger partial charge is 0.334 e. The van der Waals surface area contributed by atoms with Gasteiger partial charge in [-0.3, -0.25) is 4.79 Å². The number of imidazole rings is 1. The van der Waals surface area contributed by atoms with Crippen molar-refractivity contribution in [1.82, 2.24) is 20.2 Å². The molecule has 2 N–H and O–H groups in total. The van der Waals surface area contributed by atoms with E-state index in [0.717, 1.165) is 36.5 Å². The Hall–Kier alpha value is -2.92. The maximum Gasteiger partial charge on any atom is 0.272 e. The van der Waals surface area contributed by atoms with E-state index in [1.165, 1.54) is 5.56 Å². The summed E-state index contributed by atoms with van der Waals surface area (Å²) in [6.07, 6.45) is 2.66. The molecule has 1 unspecified atom stereocenters. The standard InChI is InChI=1S/C22H24N4O/c1-2-16-8-10-17(11-9-16)20-15-23-12-13-26(20)22(27)19-14-24-21(25-19)18-6-4-3-5-7-18/h3-11,14,20,23H,2,12-13,15H2,1H3,(H,24,25). The topological polar surface area (TPSA) is 61.0 Å². The van der Waals surface area contributed by atoms with E-state index in [0.29, 0.717) is 12.2 Å². The fourth-order valence-electron chi connectivity index (χ4n) is 3.55. The van der Waals surface area contributed by atoms with Gasteiger partial charge in [0.15, 0.2) is 0 Å². The Morgan fingerprint density at radius 2 is 1.93 bits per heavy atom. The van der Waals surface area contributed by atoms with E-state index in [-0.39, 0.29) is 11.9 Å². The maximum absolute atomic E-state index is 13.2. The number of H-pyrrole nitrogens is 1. The summed E-state index contributed by atoms with van der Waals surface area (Å²) in [7, 11) is 0. The molecule has 0 spiro atoms. The van der Waals surface area contributed by atoms with E-state index in [1.807, 2.05) is 35.2 Å². The van der Waals surface area contributed by atoms with Crippen molar-refractivity contribution in [3.63, 3.8) is 0 Å². The normalized spacial score (nSPS) is 17.1. The van der Waals surface area contributed by atoms with Crippen LogP contribution in [0.25, 0.3) is 11.4 Å². The number of carbonyl (C=O) groups excluding carboxylic acids is 1. The number of rotatable bonds is 4. The predicted molar refractivity (Wildman–Crippen MR) is 106 cm³/mol. The van der Waals surface area contributed by atoms with E-state index in [2.05, 4.69) is 46.5 Å². The van der Waals surface area contributed by atoms with Gasteiger partial charge in [-0.25, -0.2) is 4.98 Å². The lowest BCUT2D eigenvalue weighted by atomic mass is 10.0. The molecule has 5 nitrogen and oxygen atoms in total. The third-order valence-corrected chi connectivity index (χ3v) is 5.13. The molecule has 0 saturated carbocycles. The minimum Gasteiger partial charge on any atom is -0.334 e. The van der Waals surface area contributed by atoms with Gasteiger partial charge in [0, 0.05) is 25.2 Å². The zero-order valence-electron chi connectivity index (χ0n) is 15.5. The maximum atomic E-state index is 13.2. The van der Waals surface area contributed by atoms with Gasteiger partial charge in [-0.15, -0.1) is 0 Å².